The molecule has 0 N–H and O–H groups in total. The highest BCUT2D eigenvalue weighted by Crippen LogP contribution is 2.14. The van der Waals surface area contributed by atoms with Crippen LogP contribution in [0.4, 0.5) is 0 Å². The van der Waals surface area contributed by atoms with Gasteiger partial charge in [-0.15, -0.1) is 0 Å². The highest BCUT2D eigenvalue weighted by atomic mass is 16.5. The van der Waals surface area contributed by atoms with Gasteiger partial charge in [0.15, 0.2) is 0 Å². The summed E-state index contributed by atoms with van der Waals surface area (Å²) in [4.78, 5) is 0. The summed E-state index contributed by atoms with van der Waals surface area (Å²) in [5.41, 5.74) is 4.40. The minimum atomic E-state index is 0.786. The van der Waals surface area contributed by atoms with Crippen LogP contribution in [0.1, 0.15) is 163 Å². The Morgan fingerprint density at radius 1 is 0.500 bits per heavy atom. The van der Waals surface area contributed by atoms with Crippen molar-refractivity contribution in [3.8, 4) is 0 Å². The summed E-state index contributed by atoms with van der Waals surface area (Å²) in [5.74, 6) is 0. The molecular formula is C33H62O. The lowest BCUT2D eigenvalue weighted by molar-refractivity contribution is 0.156. The molecule has 200 valence electrons. The summed E-state index contributed by atoms with van der Waals surface area (Å²) in [5, 5.41) is 0. The molecule has 0 aromatic carbocycles. The summed E-state index contributed by atoms with van der Waals surface area (Å²) in [7, 11) is 0. The lowest BCUT2D eigenvalue weighted by Crippen LogP contribution is -1.95. The van der Waals surface area contributed by atoms with Gasteiger partial charge in [-0.2, -0.15) is 0 Å². The van der Waals surface area contributed by atoms with E-state index in [1.807, 2.05) is 0 Å². The first-order valence-electron chi connectivity index (χ1n) is 15.1. The molecule has 34 heavy (non-hydrogen) atoms. The van der Waals surface area contributed by atoms with E-state index in [4.69, 9.17) is 4.74 Å². The first-order valence-corrected chi connectivity index (χ1v) is 15.1. The number of unbranched alkanes of at least 4 members (excludes halogenated alkanes) is 15. The molecule has 0 aliphatic rings. The van der Waals surface area contributed by atoms with Crippen molar-refractivity contribution in [2.45, 2.75) is 163 Å². The monoisotopic (exact) mass is 474 g/mol. The van der Waals surface area contributed by atoms with Crippen LogP contribution in [0.25, 0.3) is 0 Å². The van der Waals surface area contributed by atoms with Crippen LogP contribution < -0.4 is 0 Å². The molecule has 0 aliphatic heterocycles. The molecular weight excluding hydrogens is 412 g/mol. The lowest BCUT2D eigenvalue weighted by atomic mass is 10.0. The minimum Gasteiger partial charge on any atom is -0.377 e. The van der Waals surface area contributed by atoms with Gasteiger partial charge in [-0.05, 0) is 59.8 Å². The molecule has 0 saturated heterocycles. The Bertz CT molecular complexity index is 507. The second-order valence-corrected chi connectivity index (χ2v) is 10.8. The van der Waals surface area contributed by atoms with Gasteiger partial charge in [0.2, 0.25) is 0 Å². The first kappa shape index (κ1) is 33.2. The maximum atomic E-state index is 5.83. The number of hydrogen-bond donors (Lipinski definition) is 0. The summed E-state index contributed by atoms with van der Waals surface area (Å²) in [6, 6.07) is 0. The molecule has 1 heteroatoms. The highest BCUT2D eigenvalue weighted by molar-refractivity contribution is 5.05. The Balaban J connectivity index is 3.36. The van der Waals surface area contributed by atoms with Crippen molar-refractivity contribution in [1.82, 2.24) is 0 Å². The summed E-state index contributed by atoms with van der Waals surface area (Å²) in [6.45, 7) is 12.9. The molecule has 0 atom stereocenters. The molecule has 0 spiro atoms. The Kier molecular flexibility index (Phi) is 26.1. The van der Waals surface area contributed by atoms with Crippen LogP contribution in [0.2, 0.25) is 0 Å². The van der Waals surface area contributed by atoms with E-state index in [1.54, 1.807) is 0 Å². The van der Waals surface area contributed by atoms with Gasteiger partial charge in [0.05, 0.1) is 6.61 Å². The lowest BCUT2D eigenvalue weighted by Gasteiger charge is -2.05. The van der Waals surface area contributed by atoms with Crippen LogP contribution in [0.15, 0.2) is 34.9 Å². The Hall–Kier alpha value is -0.820. The molecule has 1 nitrogen and oxygen atoms in total. The van der Waals surface area contributed by atoms with Gasteiger partial charge in [-0.1, -0.05) is 138 Å². The fourth-order valence-electron chi connectivity index (χ4n) is 4.38. The molecule has 0 fully saturated rings. The zero-order valence-corrected chi connectivity index (χ0v) is 24.2. The van der Waals surface area contributed by atoms with Crippen LogP contribution in [0.5, 0.6) is 0 Å². The smallest absolute Gasteiger partial charge is 0.0649 e. The topological polar surface area (TPSA) is 9.23 Å². The Morgan fingerprint density at radius 2 is 0.912 bits per heavy atom. The maximum Gasteiger partial charge on any atom is 0.0649 e. The Labute approximate surface area is 215 Å². The van der Waals surface area contributed by atoms with Crippen molar-refractivity contribution in [3.63, 3.8) is 0 Å². The maximum absolute atomic E-state index is 5.83. The standard InChI is InChI=1S/C33H62O/c1-6-7-8-9-10-11-12-13-14-15-16-17-18-19-20-21-29-34-30-28-33(5)27-23-26-32(4)25-22-24-31(2)3/h24,26,28H,6-23,25,27,29-30H2,1-5H3/b32-26+,33-28+. The van der Waals surface area contributed by atoms with E-state index < -0.39 is 0 Å². The largest absolute Gasteiger partial charge is 0.377 e. The predicted octanol–water partition coefficient (Wildman–Crippen LogP) is 11.7. The third-order valence-corrected chi connectivity index (χ3v) is 6.81. The molecule has 0 radical (unpaired) electrons. The van der Waals surface area contributed by atoms with Gasteiger partial charge in [0, 0.05) is 6.61 Å². The molecule has 0 amide bonds. The van der Waals surface area contributed by atoms with Gasteiger partial charge in [-0.25, -0.2) is 0 Å². The first-order chi connectivity index (χ1) is 16.6. The van der Waals surface area contributed by atoms with E-state index >= 15 is 0 Å². The molecule has 0 rings (SSSR count). The zero-order chi connectivity index (χ0) is 25.1. The Morgan fingerprint density at radius 3 is 1.38 bits per heavy atom. The van der Waals surface area contributed by atoms with Crippen molar-refractivity contribution in [2.75, 3.05) is 13.2 Å². The normalized spacial score (nSPS) is 12.4. The molecule has 0 heterocycles. The fourth-order valence-corrected chi connectivity index (χ4v) is 4.38. The van der Waals surface area contributed by atoms with Crippen molar-refractivity contribution >= 4 is 0 Å². The van der Waals surface area contributed by atoms with Crippen molar-refractivity contribution < 1.29 is 4.74 Å². The van der Waals surface area contributed by atoms with E-state index in [2.05, 4.69) is 52.8 Å². The van der Waals surface area contributed by atoms with Gasteiger partial charge in [-0.3, -0.25) is 0 Å². The number of allylic oxidation sites excluding steroid dienone is 5. The third-order valence-electron chi connectivity index (χ3n) is 6.81. The molecule has 0 unspecified atom stereocenters. The summed E-state index contributed by atoms with van der Waals surface area (Å²) < 4.78 is 5.83. The molecule has 0 saturated carbocycles. The van der Waals surface area contributed by atoms with Gasteiger partial charge >= 0.3 is 0 Å². The molecule has 0 bridgehead atoms. The number of rotatable bonds is 25. The number of ether oxygens (including phenoxy) is 1. The second-order valence-electron chi connectivity index (χ2n) is 10.8. The van der Waals surface area contributed by atoms with Crippen molar-refractivity contribution in [2.24, 2.45) is 0 Å². The van der Waals surface area contributed by atoms with Crippen LogP contribution in [0.3, 0.4) is 0 Å². The van der Waals surface area contributed by atoms with E-state index in [0.29, 0.717) is 0 Å². The fraction of sp³-hybridized carbons (Fsp3) is 0.818. The SMILES string of the molecule is CCCCCCCCCCCCCCCCCCOC/C=C(\C)CC/C=C(\C)CCC=C(C)C. The minimum absolute atomic E-state index is 0.786. The van der Waals surface area contributed by atoms with Crippen LogP contribution in [-0.2, 0) is 4.74 Å². The van der Waals surface area contributed by atoms with Gasteiger partial charge < -0.3 is 4.74 Å². The van der Waals surface area contributed by atoms with E-state index in [9.17, 15) is 0 Å². The average Bonchev–Trinajstić information content (AvgIpc) is 2.80. The molecule has 0 aromatic rings. The molecule has 0 aromatic heterocycles. The van der Waals surface area contributed by atoms with E-state index in [-0.39, 0.29) is 0 Å². The van der Waals surface area contributed by atoms with E-state index in [1.165, 1.54) is 132 Å². The zero-order valence-electron chi connectivity index (χ0n) is 24.2. The van der Waals surface area contributed by atoms with Crippen LogP contribution in [0, 0.1) is 0 Å². The second kappa shape index (κ2) is 26.8. The quantitative estimate of drug-likeness (QED) is 0.0943. The number of hydrogen-bond acceptors (Lipinski definition) is 1. The van der Waals surface area contributed by atoms with Gasteiger partial charge in [0.1, 0.15) is 0 Å². The van der Waals surface area contributed by atoms with Gasteiger partial charge in [0.25, 0.3) is 0 Å². The average molecular weight is 475 g/mol. The summed E-state index contributed by atoms with van der Waals surface area (Å²) >= 11 is 0. The van der Waals surface area contributed by atoms with E-state index in [0.717, 1.165) is 26.1 Å². The molecule has 0 aliphatic carbocycles. The third kappa shape index (κ3) is 27.4. The predicted molar refractivity (Wildman–Crippen MR) is 156 cm³/mol. The highest BCUT2D eigenvalue weighted by Gasteiger charge is 1.96. The van der Waals surface area contributed by atoms with Crippen LogP contribution in [-0.4, -0.2) is 13.2 Å². The van der Waals surface area contributed by atoms with Crippen LogP contribution >= 0.6 is 0 Å². The summed E-state index contributed by atoms with van der Waals surface area (Å²) in [6.07, 6.45) is 34.4. The van der Waals surface area contributed by atoms with Crippen molar-refractivity contribution in [3.05, 3.63) is 34.9 Å². The van der Waals surface area contributed by atoms with Crippen molar-refractivity contribution in [1.29, 1.82) is 0 Å².